The molecule has 0 saturated carbocycles. The van der Waals surface area contributed by atoms with Gasteiger partial charge in [-0.15, -0.1) is 0 Å². The highest BCUT2D eigenvalue weighted by atomic mass is 19.4. The molecule has 3 rings (SSSR count). The molecule has 0 aromatic carbocycles. The molecular weight excluding hydrogens is 391 g/mol. The van der Waals surface area contributed by atoms with E-state index in [-0.39, 0.29) is 5.95 Å². The Balaban J connectivity index is 2.06. The molecule has 3 aromatic heterocycles. The number of unbranched alkanes of at least 4 members (excludes halogenated alkanes) is 1. The van der Waals surface area contributed by atoms with Crippen LogP contribution in [0.15, 0.2) is 36.8 Å². The highest BCUT2D eigenvalue weighted by Crippen LogP contribution is 2.30. The summed E-state index contributed by atoms with van der Waals surface area (Å²) in [6.07, 6.45) is 5.72. The number of pyridine rings is 1. The zero-order valence-electron chi connectivity index (χ0n) is 17.6. The van der Waals surface area contributed by atoms with E-state index in [9.17, 15) is 13.2 Å². The predicted octanol–water partition coefficient (Wildman–Crippen LogP) is 5.59. The van der Waals surface area contributed by atoms with Crippen LogP contribution < -0.4 is 5.32 Å². The van der Waals surface area contributed by atoms with E-state index in [1.165, 1.54) is 0 Å². The Morgan fingerprint density at radius 2 is 2.03 bits per heavy atom. The lowest BCUT2D eigenvalue weighted by atomic mass is 9.94. The molecule has 0 fully saturated rings. The normalized spacial score (nSPS) is 13.6. The van der Waals surface area contributed by atoms with Gasteiger partial charge < -0.3 is 9.72 Å². The Labute approximate surface area is 174 Å². The van der Waals surface area contributed by atoms with E-state index in [4.69, 9.17) is 0 Å². The molecule has 1 N–H and O–H groups in total. The van der Waals surface area contributed by atoms with Gasteiger partial charge in [0.1, 0.15) is 11.7 Å². The van der Waals surface area contributed by atoms with Crippen LogP contribution in [-0.2, 0) is 6.42 Å². The summed E-state index contributed by atoms with van der Waals surface area (Å²) in [5, 5.41) is 2.41. The number of anilines is 1. The predicted molar refractivity (Wildman–Crippen MR) is 112 cm³/mol. The van der Waals surface area contributed by atoms with Gasteiger partial charge >= 0.3 is 6.18 Å². The van der Waals surface area contributed by atoms with Crippen LogP contribution in [0.4, 0.5) is 19.1 Å². The van der Waals surface area contributed by atoms with Crippen molar-refractivity contribution in [2.75, 3.05) is 5.32 Å². The smallest absolute Gasteiger partial charge is 0.343 e. The van der Waals surface area contributed by atoms with Crippen molar-refractivity contribution in [3.63, 3.8) is 0 Å². The van der Waals surface area contributed by atoms with E-state index >= 15 is 0 Å². The molecule has 0 saturated heterocycles. The molecule has 0 amide bonds. The number of fused-ring (bicyclic) bond motifs is 1. The minimum absolute atomic E-state index is 0.00712. The summed E-state index contributed by atoms with van der Waals surface area (Å²) in [4.78, 5) is 13.1. The minimum Gasteiger partial charge on any atom is -0.343 e. The van der Waals surface area contributed by atoms with Gasteiger partial charge in [-0.3, -0.25) is 0 Å². The number of allylic oxidation sites excluding steroid dienone is 1. The molecule has 0 spiro atoms. The van der Waals surface area contributed by atoms with Gasteiger partial charge in [-0.1, -0.05) is 19.4 Å². The number of nitrogens with one attached hydrogen (secondary N) is 1. The van der Waals surface area contributed by atoms with Crippen LogP contribution in [0.3, 0.4) is 0 Å². The zero-order valence-corrected chi connectivity index (χ0v) is 17.6. The van der Waals surface area contributed by atoms with Crippen molar-refractivity contribution in [3.05, 3.63) is 59.3 Å². The van der Waals surface area contributed by atoms with E-state index in [2.05, 4.69) is 27.2 Å². The molecule has 0 aliphatic carbocycles. The maximum atomic E-state index is 13.0. The van der Waals surface area contributed by atoms with Crippen molar-refractivity contribution in [2.24, 2.45) is 0 Å². The number of aromatic nitrogens is 4. The average molecular weight is 417 g/mol. The fourth-order valence-electron chi connectivity index (χ4n) is 3.38. The molecule has 1 atom stereocenters. The van der Waals surface area contributed by atoms with Crippen molar-refractivity contribution in [2.45, 2.75) is 59.2 Å². The lowest BCUT2D eigenvalue weighted by Crippen LogP contribution is -2.34. The van der Waals surface area contributed by atoms with Gasteiger partial charge in [-0.2, -0.15) is 13.2 Å². The number of halogens is 3. The fourth-order valence-corrected chi connectivity index (χ4v) is 3.38. The number of aryl methyl sites for hydroxylation is 2. The number of hydrogen-bond donors (Lipinski definition) is 1. The zero-order chi connectivity index (χ0) is 21.9. The highest BCUT2D eigenvalue weighted by Gasteiger charge is 2.36. The first-order valence-electron chi connectivity index (χ1n) is 10.0. The molecule has 0 bridgehead atoms. The third-order valence-corrected chi connectivity index (χ3v) is 5.03. The third kappa shape index (κ3) is 4.63. The van der Waals surface area contributed by atoms with Crippen molar-refractivity contribution in [3.8, 4) is 0 Å². The largest absolute Gasteiger partial charge is 0.408 e. The van der Waals surface area contributed by atoms with Gasteiger partial charge in [0.25, 0.3) is 0 Å². The van der Waals surface area contributed by atoms with E-state index in [0.717, 1.165) is 47.8 Å². The van der Waals surface area contributed by atoms with E-state index in [0.29, 0.717) is 12.1 Å². The standard InChI is InChI=1S/C22H26F3N5/c1-5-7-8-18-20(14(3)27-21(29-18)28-15(4)22(23,24)25)17(6-2)16-9-10-19-26-11-12-30(19)13-16/h6,9-13,15H,5,7-8H2,1-4H3,(H,27,28,29)/b17-6-/t15-/m1/s1. The molecule has 8 heteroatoms. The molecule has 0 aliphatic rings. The first-order valence-corrected chi connectivity index (χ1v) is 10.0. The fraction of sp³-hybridized carbons (Fsp3) is 0.409. The Hall–Kier alpha value is -2.90. The summed E-state index contributed by atoms with van der Waals surface area (Å²) in [5.41, 5.74) is 5.03. The maximum absolute atomic E-state index is 13.0. The lowest BCUT2D eigenvalue weighted by Gasteiger charge is -2.20. The van der Waals surface area contributed by atoms with Crippen LogP contribution >= 0.6 is 0 Å². The minimum atomic E-state index is -4.37. The number of imidazole rings is 1. The second-order valence-corrected chi connectivity index (χ2v) is 7.28. The van der Waals surface area contributed by atoms with Gasteiger partial charge in [-0.05, 0) is 56.9 Å². The third-order valence-electron chi connectivity index (χ3n) is 5.03. The molecule has 0 radical (unpaired) electrons. The topological polar surface area (TPSA) is 55.1 Å². The second kappa shape index (κ2) is 8.85. The van der Waals surface area contributed by atoms with Crippen LogP contribution in [0.25, 0.3) is 11.2 Å². The molecule has 3 heterocycles. The summed E-state index contributed by atoms with van der Waals surface area (Å²) in [6, 6.07) is 2.19. The second-order valence-electron chi connectivity index (χ2n) is 7.28. The van der Waals surface area contributed by atoms with Gasteiger partial charge in [0, 0.05) is 24.2 Å². The monoisotopic (exact) mass is 417 g/mol. The SMILES string of the molecule is C/C=C(/c1ccc2nccn2c1)c1c(C)nc(N[C@H](C)C(F)(F)F)nc1CCCC. The number of alkyl halides is 3. The first kappa shape index (κ1) is 21.8. The summed E-state index contributed by atoms with van der Waals surface area (Å²) < 4.78 is 40.9. The average Bonchev–Trinajstić information content (AvgIpc) is 3.15. The van der Waals surface area contributed by atoms with Crippen LogP contribution in [0.5, 0.6) is 0 Å². The number of hydrogen-bond acceptors (Lipinski definition) is 4. The highest BCUT2D eigenvalue weighted by molar-refractivity contribution is 5.82. The molecule has 0 aliphatic heterocycles. The lowest BCUT2D eigenvalue weighted by molar-refractivity contribution is -0.138. The molecule has 5 nitrogen and oxygen atoms in total. The molecule has 3 aromatic rings. The van der Waals surface area contributed by atoms with Crippen molar-refractivity contribution in [1.82, 2.24) is 19.4 Å². The summed E-state index contributed by atoms with van der Waals surface area (Å²) in [5.74, 6) is 0.00712. The van der Waals surface area contributed by atoms with Crippen molar-refractivity contribution < 1.29 is 13.2 Å². The van der Waals surface area contributed by atoms with Crippen LogP contribution in [0.1, 0.15) is 56.1 Å². The Kier molecular flexibility index (Phi) is 6.43. The maximum Gasteiger partial charge on any atom is 0.408 e. The Morgan fingerprint density at radius 3 is 2.70 bits per heavy atom. The van der Waals surface area contributed by atoms with E-state index in [1.54, 1.807) is 6.20 Å². The van der Waals surface area contributed by atoms with Crippen molar-refractivity contribution >= 4 is 17.2 Å². The van der Waals surface area contributed by atoms with Crippen LogP contribution in [-0.4, -0.2) is 31.6 Å². The summed E-state index contributed by atoms with van der Waals surface area (Å²) >= 11 is 0. The van der Waals surface area contributed by atoms with Crippen LogP contribution in [0, 0.1) is 6.92 Å². The van der Waals surface area contributed by atoms with Gasteiger partial charge in [0.15, 0.2) is 0 Å². The van der Waals surface area contributed by atoms with Crippen molar-refractivity contribution in [1.29, 1.82) is 0 Å². The number of nitrogens with zero attached hydrogens (tertiary/aromatic N) is 4. The molecule has 0 unspecified atom stereocenters. The Morgan fingerprint density at radius 1 is 1.27 bits per heavy atom. The Bertz CT molecular complexity index is 1050. The molecule has 30 heavy (non-hydrogen) atoms. The van der Waals surface area contributed by atoms with Gasteiger partial charge in [0.05, 0.1) is 11.4 Å². The molecule has 160 valence electrons. The summed E-state index contributed by atoms with van der Waals surface area (Å²) in [6.45, 7) is 6.89. The first-order chi connectivity index (χ1) is 14.2. The quantitative estimate of drug-likeness (QED) is 0.544. The van der Waals surface area contributed by atoms with Gasteiger partial charge in [-0.25, -0.2) is 15.0 Å². The molecular formula is C22H26F3N5. The van der Waals surface area contributed by atoms with E-state index in [1.807, 2.05) is 48.9 Å². The van der Waals surface area contributed by atoms with E-state index < -0.39 is 12.2 Å². The number of rotatable bonds is 7. The summed E-state index contributed by atoms with van der Waals surface area (Å²) in [7, 11) is 0. The van der Waals surface area contributed by atoms with Gasteiger partial charge in [0.2, 0.25) is 5.95 Å². The van der Waals surface area contributed by atoms with Crippen LogP contribution in [0.2, 0.25) is 0 Å².